The van der Waals surface area contributed by atoms with E-state index in [4.69, 9.17) is 16.3 Å². The molecule has 0 aromatic heterocycles. The molecule has 1 nitrogen and oxygen atoms in total. The maximum Gasteiger partial charge on any atom is 0.0586 e. The van der Waals surface area contributed by atoms with Crippen molar-refractivity contribution in [3.05, 3.63) is 35.4 Å². The van der Waals surface area contributed by atoms with Crippen LogP contribution in [0, 0.1) is 0 Å². The average molecular weight is 239 g/mol. The van der Waals surface area contributed by atoms with Gasteiger partial charge in [0.1, 0.15) is 0 Å². The molecule has 0 radical (unpaired) electrons. The van der Waals surface area contributed by atoms with Crippen LogP contribution in [0.3, 0.4) is 0 Å². The minimum absolute atomic E-state index is 0.201. The molecule has 16 heavy (non-hydrogen) atoms. The first-order valence-electron chi connectivity index (χ1n) is 6.04. The summed E-state index contributed by atoms with van der Waals surface area (Å²) in [6, 6.07) is 8.99. The summed E-state index contributed by atoms with van der Waals surface area (Å²) in [5.74, 6) is 0.708. The number of ether oxygens (including phenoxy) is 1. The maximum atomic E-state index is 5.87. The largest absolute Gasteiger partial charge is 0.379 e. The monoisotopic (exact) mass is 238 g/mol. The second kappa shape index (κ2) is 5.20. The fraction of sp³-hybridized carbons (Fsp3) is 0.571. The smallest absolute Gasteiger partial charge is 0.0586 e. The van der Waals surface area contributed by atoms with Crippen molar-refractivity contribution in [1.29, 1.82) is 0 Å². The van der Waals surface area contributed by atoms with Crippen molar-refractivity contribution in [2.75, 3.05) is 19.1 Å². The standard InChI is InChI=1S/C14H19ClO/c1-2-3-12-4-6-13(7-5-12)14(8-9-15)10-16-11-14/h4-7H,2-3,8-11H2,1H3. The first-order valence-corrected chi connectivity index (χ1v) is 6.57. The van der Waals surface area contributed by atoms with E-state index in [1.54, 1.807) is 0 Å². The van der Waals surface area contributed by atoms with E-state index in [0.29, 0.717) is 5.88 Å². The van der Waals surface area contributed by atoms with Crippen molar-refractivity contribution in [2.45, 2.75) is 31.6 Å². The molecule has 0 amide bonds. The molecule has 88 valence electrons. The highest BCUT2D eigenvalue weighted by molar-refractivity contribution is 6.17. The predicted octanol–water partition coefficient (Wildman–Crippen LogP) is 3.54. The van der Waals surface area contributed by atoms with Gasteiger partial charge in [-0.1, -0.05) is 37.6 Å². The molecule has 0 unspecified atom stereocenters. The van der Waals surface area contributed by atoms with Crippen LogP contribution < -0.4 is 0 Å². The summed E-state index contributed by atoms with van der Waals surface area (Å²) in [4.78, 5) is 0. The van der Waals surface area contributed by atoms with Crippen LogP contribution in [0.2, 0.25) is 0 Å². The Bertz CT molecular complexity index is 327. The molecule has 0 aliphatic carbocycles. The molecule has 1 fully saturated rings. The zero-order chi connectivity index (χ0) is 11.4. The maximum absolute atomic E-state index is 5.87. The van der Waals surface area contributed by atoms with Gasteiger partial charge in [0.15, 0.2) is 0 Å². The van der Waals surface area contributed by atoms with E-state index in [-0.39, 0.29) is 5.41 Å². The van der Waals surface area contributed by atoms with Gasteiger partial charge in [0.2, 0.25) is 0 Å². The summed E-state index contributed by atoms with van der Waals surface area (Å²) in [6.07, 6.45) is 3.39. The Hall–Kier alpha value is -0.530. The Morgan fingerprint density at radius 1 is 1.25 bits per heavy atom. The molecular formula is C14H19ClO. The zero-order valence-electron chi connectivity index (χ0n) is 9.84. The van der Waals surface area contributed by atoms with Crippen LogP contribution in [0.4, 0.5) is 0 Å². The highest BCUT2D eigenvalue weighted by atomic mass is 35.5. The highest BCUT2D eigenvalue weighted by Crippen LogP contribution is 2.36. The third kappa shape index (κ3) is 2.26. The van der Waals surface area contributed by atoms with Crippen molar-refractivity contribution in [1.82, 2.24) is 0 Å². The van der Waals surface area contributed by atoms with Gasteiger partial charge in [-0.15, -0.1) is 11.6 Å². The van der Waals surface area contributed by atoms with Gasteiger partial charge in [-0.05, 0) is 24.0 Å². The van der Waals surface area contributed by atoms with Crippen molar-refractivity contribution in [3.63, 3.8) is 0 Å². The summed E-state index contributed by atoms with van der Waals surface area (Å²) in [5, 5.41) is 0. The molecule has 1 aliphatic rings. The summed E-state index contributed by atoms with van der Waals surface area (Å²) in [5.41, 5.74) is 3.01. The van der Waals surface area contributed by atoms with Crippen molar-refractivity contribution in [3.8, 4) is 0 Å². The van der Waals surface area contributed by atoms with Crippen LogP contribution in [0.5, 0.6) is 0 Å². The van der Waals surface area contributed by atoms with E-state index in [1.807, 2.05) is 0 Å². The molecule has 1 aliphatic heterocycles. The second-order valence-electron chi connectivity index (χ2n) is 4.66. The van der Waals surface area contributed by atoms with Gasteiger partial charge in [-0.2, -0.15) is 0 Å². The lowest BCUT2D eigenvalue weighted by Crippen LogP contribution is -2.47. The van der Waals surface area contributed by atoms with E-state index < -0.39 is 0 Å². The molecule has 0 saturated carbocycles. The number of aryl methyl sites for hydroxylation is 1. The minimum Gasteiger partial charge on any atom is -0.379 e. The van der Waals surface area contributed by atoms with Gasteiger partial charge in [-0.3, -0.25) is 0 Å². The van der Waals surface area contributed by atoms with Crippen LogP contribution in [0.25, 0.3) is 0 Å². The molecule has 0 atom stereocenters. The third-order valence-corrected chi connectivity index (χ3v) is 3.62. The number of hydrogen-bond donors (Lipinski definition) is 0. The first kappa shape index (κ1) is 11.9. The highest BCUT2D eigenvalue weighted by Gasteiger charge is 2.39. The topological polar surface area (TPSA) is 9.23 Å². The SMILES string of the molecule is CCCc1ccc(C2(CCCl)COC2)cc1. The Labute approximate surface area is 103 Å². The van der Waals surface area contributed by atoms with Gasteiger partial charge in [-0.25, -0.2) is 0 Å². The Morgan fingerprint density at radius 2 is 1.94 bits per heavy atom. The quantitative estimate of drug-likeness (QED) is 0.713. The summed E-state index contributed by atoms with van der Waals surface area (Å²) < 4.78 is 5.36. The van der Waals surface area contributed by atoms with Crippen LogP contribution in [-0.2, 0) is 16.6 Å². The lowest BCUT2D eigenvalue weighted by Gasteiger charge is -2.41. The summed E-state index contributed by atoms with van der Waals surface area (Å²) in [6.45, 7) is 3.86. The Balaban J connectivity index is 2.13. The van der Waals surface area contributed by atoms with Crippen LogP contribution in [-0.4, -0.2) is 19.1 Å². The van der Waals surface area contributed by atoms with E-state index >= 15 is 0 Å². The molecule has 1 heterocycles. The molecule has 2 rings (SSSR count). The Morgan fingerprint density at radius 3 is 2.38 bits per heavy atom. The number of halogens is 1. The van der Waals surface area contributed by atoms with E-state index in [1.165, 1.54) is 24.0 Å². The number of alkyl halides is 1. The number of benzene rings is 1. The van der Waals surface area contributed by atoms with Crippen molar-refractivity contribution < 1.29 is 4.74 Å². The zero-order valence-corrected chi connectivity index (χ0v) is 10.6. The number of hydrogen-bond acceptors (Lipinski definition) is 1. The molecule has 1 saturated heterocycles. The van der Waals surface area contributed by atoms with Gasteiger partial charge in [0.25, 0.3) is 0 Å². The fourth-order valence-corrected chi connectivity index (χ4v) is 2.66. The predicted molar refractivity (Wildman–Crippen MR) is 68.3 cm³/mol. The van der Waals surface area contributed by atoms with Crippen molar-refractivity contribution >= 4 is 11.6 Å². The summed E-state index contributed by atoms with van der Waals surface area (Å²) >= 11 is 5.87. The first-order chi connectivity index (χ1) is 7.80. The van der Waals surface area contributed by atoms with Crippen LogP contribution in [0.1, 0.15) is 30.9 Å². The van der Waals surface area contributed by atoms with Crippen LogP contribution in [0.15, 0.2) is 24.3 Å². The summed E-state index contributed by atoms with van der Waals surface area (Å²) in [7, 11) is 0. The second-order valence-corrected chi connectivity index (χ2v) is 5.04. The van der Waals surface area contributed by atoms with Gasteiger partial charge >= 0.3 is 0 Å². The molecule has 0 N–H and O–H groups in total. The molecule has 0 bridgehead atoms. The molecule has 2 heteroatoms. The molecule has 1 aromatic rings. The van der Waals surface area contributed by atoms with E-state index in [2.05, 4.69) is 31.2 Å². The van der Waals surface area contributed by atoms with Gasteiger partial charge in [0, 0.05) is 11.3 Å². The molecule has 1 aromatic carbocycles. The van der Waals surface area contributed by atoms with E-state index in [9.17, 15) is 0 Å². The van der Waals surface area contributed by atoms with E-state index in [0.717, 1.165) is 19.6 Å². The lowest BCUT2D eigenvalue weighted by molar-refractivity contribution is -0.0615. The van der Waals surface area contributed by atoms with Crippen molar-refractivity contribution in [2.24, 2.45) is 0 Å². The normalized spacial score (nSPS) is 18.1. The minimum atomic E-state index is 0.201. The molecular weight excluding hydrogens is 220 g/mol. The lowest BCUT2D eigenvalue weighted by atomic mass is 9.76. The van der Waals surface area contributed by atoms with Crippen LogP contribution >= 0.6 is 11.6 Å². The molecule has 0 spiro atoms. The van der Waals surface area contributed by atoms with Gasteiger partial charge < -0.3 is 4.74 Å². The fourth-order valence-electron chi connectivity index (χ4n) is 2.30. The van der Waals surface area contributed by atoms with Gasteiger partial charge in [0.05, 0.1) is 13.2 Å². The number of rotatable bonds is 5. The average Bonchev–Trinajstić information content (AvgIpc) is 2.25. The third-order valence-electron chi connectivity index (χ3n) is 3.43. The Kier molecular flexibility index (Phi) is 3.88.